The molecule has 0 radical (unpaired) electrons. The highest BCUT2D eigenvalue weighted by atomic mass is 32.1. The Bertz CT molecular complexity index is 742. The number of amides is 1. The van der Waals surface area contributed by atoms with Crippen molar-refractivity contribution in [2.45, 2.75) is 19.1 Å². The van der Waals surface area contributed by atoms with E-state index in [0.717, 1.165) is 6.42 Å². The van der Waals surface area contributed by atoms with Gasteiger partial charge in [-0.3, -0.25) is 4.79 Å². The molecule has 1 aliphatic heterocycles. The fraction of sp³-hybridized carbons (Fsp3) is 0.333. The second kappa shape index (κ2) is 7.37. The van der Waals surface area contributed by atoms with Crippen molar-refractivity contribution in [3.63, 3.8) is 0 Å². The van der Waals surface area contributed by atoms with Crippen molar-refractivity contribution < 1.29 is 24.2 Å². The molecular formula is C15H15N3O5S. The Morgan fingerprint density at radius 2 is 2.38 bits per heavy atom. The Balaban J connectivity index is 1.58. The molecule has 3 rings (SSSR count). The van der Waals surface area contributed by atoms with Gasteiger partial charge in [0.1, 0.15) is 11.1 Å². The molecule has 0 aromatic carbocycles. The van der Waals surface area contributed by atoms with Crippen molar-refractivity contribution in [1.29, 1.82) is 0 Å². The van der Waals surface area contributed by atoms with E-state index in [-0.39, 0.29) is 24.2 Å². The van der Waals surface area contributed by atoms with E-state index < -0.39 is 5.97 Å². The first kappa shape index (κ1) is 16.3. The average molecular weight is 349 g/mol. The summed E-state index contributed by atoms with van der Waals surface area (Å²) in [5.74, 6) is -1.02. The number of nitrogens with one attached hydrogen (secondary N) is 1. The third-order valence-electron chi connectivity index (χ3n) is 3.34. The lowest BCUT2D eigenvalue weighted by Gasteiger charge is -2.11. The predicted molar refractivity (Wildman–Crippen MR) is 84.3 cm³/mol. The van der Waals surface area contributed by atoms with Crippen LogP contribution in [0.3, 0.4) is 0 Å². The molecule has 0 saturated carbocycles. The molecule has 0 aliphatic carbocycles. The second-order valence-corrected chi connectivity index (χ2v) is 6.04. The number of carbonyl (C=O) groups excluding carboxylic acids is 1. The first-order valence-corrected chi connectivity index (χ1v) is 8.16. The number of rotatable bonds is 6. The van der Waals surface area contributed by atoms with Crippen LogP contribution in [0.1, 0.15) is 32.3 Å². The summed E-state index contributed by atoms with van der Waals surface area (Å²) >= 11 is 1.18. The van der Waals surface area contributed by atoms with Crippen molar-refractivity contribution in [1.82, 2.24) is 15.3 Å². The summed E-state index contributed by atoms with van der Waals surface area (Å²) in [4.78, 5) is 31.0. The van der Waals surface area contributed by atoms with Gasteiger partial charge in [0.15, 0.2) is 5.69 Å². The Hall–Kier alpha value is -2.52. The molecule has 9 heteroatoms. The Labute approximate surface area is 141 Å². The zero-order valence-corrected chi connectivity index (χ0v) is 13.4. The van der Waals surface area contributed by atoms with Crippen LogP contribution >= 0.6 is 11.3 Å². The highest BCUT2D eigenvalue weighted by molar-refractivity contribution is 7.09. The van der Waals surface area contributed by atoms with Crippen LogP contribution in [0.2, 0.25) is 0 Å². The van der Waals surface area contributed by atoms with Gasteiger partial charge >= 0.3 is 5.97 Å². The van der Waals surface area contributed by atoms with Gasteiger partial charge in [-0.25, -0.2) is 14.8 Å². The molecule has 126 valence electrons. The molecule has 3 heterocycles. The van der Waals surface area contributed by atoms with Crippen LogP contribution in [0.25, 0.3) is 0 Å². The second-order valence-electron chi connectivity index (χ2n) is 5.10. The Kier molecular flexibility index (Phi) is 5.02. The number of thiazole rings is 1. The van der Waals surface area contributed by atoms with Crippen LogP contribution in [-0.2, 0) is 11.3 Å². The Morgan fingerprint density at radius 3 is 3.08 bits per heavy atom. The normalized spacial score (nSPS) is 16.8. The summed E-state index contributed by atoms with van der Waals surface area (Å²) < 4.78 is 10.9. The van der Waals surface area contributed by atoms with E-state index in [1.807, 2.05) is 0 Å². The van der Waals surface area contributed by atoms with E-state index in [4.69, 9.17) is 14.6 Å². The fourth-order valence-electron chi connectivity index (χ4n) is 2.14. The van der Waals surface area contributed by atoms with Gasteiger partial charge in [-0.2, -0.15) is 0 Å². The van der Waals surface area contributed by atoms with E-state index >= 15 is 0 Å². The first-order chi connectivity index (χ1) is 11.6. The first-order valence-electron chi connectivity index (χ1n) is 7.28. The standard InChI is InChI=1S/C15H15N3O5S/c19-14(17-6-13-18-11(8-24-13)15(20)21)9-1-3-16-12(5-9)23-10-2-4-22-7-10/h1,3,5,8,10H,2,4,6-7H2,(H,17,19)(H,20,21). The number of pyridine rings is 1. The molecule has 1 amide bonds. The summed E-state index contributed by atoms with van der Waals surface area (Å²) in [5.41, 5.74) is 0.386. The SMILES string of the molecule is O=C(NCc1nc(C(=O)O)cs1)c1ccnc(OC2CCOC2)c1. The maximum absolute atomic E-state index is 12.2. The van der Waals surface area contributed by atoms with Crippen molar-refractivity contribution in [3.05, 3.63) is 40.0 Å². The topological polar surface area (TPSA) is 111 Å². The summed E-state index contributed by atoms with van der Waals surface area (Å²) in [6.45, 7) is 1.34. The highest BCUT2D eigenvalue weighted by Gasteiger charge is 2.18. The molecule has 0 bridgehead atoms. The number of carbonyl (C=O) groups is 2. The summed E-state index contributed by atoms with van der Waals surface area (Å²) in [6, 6.07) is 3.15. The largest absolute Gasteiger partial charge is 0.476 e. The monoisotopic (exact) mass is 349 g/mol. The lowest BCUT2D eigenvalue weighted by atomic mass is 10.2. The molecule has 1 fully saturated rings. The van der Waals surface area contributed by atoms with Crippen LogP contribution in [-0.4, -0.2) is 46.3 Å². The van der Waals surface area contributed by atoms with Gasteiger partial charge in [0.05, 0.1) is 19.8 Å². The molecular weight excluding hydrogens is 334 g/mol. The summed E-state index contributed by atoms with van der Waals surface area (Å²) in [5, 5.41) is 13.5. The number of aromatic nitrogens is 2. The van der Waals surface area contributed by atoms with Gasteiger partial charge in [-0.15, -0.1) is 11.3 Å². The third kappa shape index (κ3) is 4.06. The molecule has 2 N–H and O–H groups in total. The maximum atomic E-state index is 12.2. The van der Waals surface area contributed by atoms with Gasteiger partial charge < -0.3 is 19.9 Å². The number of hydrogen-bond donors (Lipinski definition) is 2. The smallest absolute Gasteiger partial charge is 0.355 e. The predicted octanol–water partition coefficient (Wildman–Crippen LogP) is 1.33. The summed E-state index contributed by atoms with van der Waals surface area (Å²) in [7, 11) is 0. The van der Waals surface area contributed by atoms with Gasteiger partial charge in [-0.05, 0) is 6.07 Å². The molecule has 1 aliphatic rings. The number of ether oxygens (including phenoxy) is 2. The number of nitrogens with zero attached hydrogens (tertiary/aromatic N) is 2. The quantitative estimate of drug-likeness (QED) is 0.809. The molecule has 1 unspecified atom stereocenters. The molecule has 2 aromatic rings. The van der Waals surface area contributed by atoms with E-state index in [0.29, 0.717) is 29.7 Å². The minimum atomic E-state index is -1.09. The van der Waals surface area contributed by atoms with Crippen molar-refractivity contribution in [3.8, 4) is 5.88 Å². The minimum absolute atomic E-state index is 0.0253. The minimum Gasteiger partial charge on any atom is -0.476 e. The molecule has 1 atom stereocenters. The van der Waals surface area contributed by atoms with Crippen LogP contribution in [0.15, 0.2) is 23.7 Å². The van der Waals surface area contributed by atoms with Crippen molar-refractivity contribution in [2.24, 2.45) is 0 Å². The van der Waals surface area contributed by atoms with Gasteiger partial charge in [0.2, 0.25) is 5.88 Å². The van der Waals surface area contributed by atoms with Crippen molar-refractivity contribution in [2.75, 3.05) is 13.2 Å². The number of carboxylic acids is 1. The zero-order chi connectivity index (χ0) is 16.9. The molecule has 0 spiro atoms. The van der Waals surface area contributed by atoms with Crippen LogP contribution < -0.4 is 10.1 Å². The highest BCUT2D eigenvalue weighted by Crippen LogP contribution is 2.16. The van der Waals surface area contributed by atoms with Crippen molar-refractivity contribution >= 4 is 23.2 Å². The molecule has 24 heavy (non-hydrogen) atoms. The fourth-order valence-corrected chi connectivity index (χ4v) is 2.85. The lowest BCUT2D eigenvalue weighted by molar-refractivity contribution is 0.0691. The van der Waals surface area contributed by atoms with Gasteiger partial charge in [-0.1, -0.05) is 0 Å². The van der Waals surface area contributed by atoms with E-state index in [9.17, 15) is 9.59 Å². The van der Waals surface area contributed by atoms with Gasteiger partial charge in [0, 0.05) is 29.6 Å². The average Bonchev–Trinajstić information content (AvgIpc) is 3.24. The number of hydrogen-bond acceptors (Lipinski definition) is 7. The molecule has 2 aromatic heterocycles. The van der Waals surface area contributed by atoms with Gasteiger partial charge in [0.25, 0.3) is 5.91 Å². The van der Waals surface area contributed by atoms with Crippen LogP contribution in [0.4, 0.5) is 0 Å². The number of carboxylic acid groups (broad SMARTS) is 1. The van der Waals surface area contributed by atoms with Crippen LogP contribution in [0, 0.1) is 0 Å². The summed E-state index contributed by atoms with van der Waals surface area (Å²) in [6.07, 6.45) is 2.26. The number of aromatic carboxylic acids is 1. The molecule has 8 nitrogen and oxygen atoms in total. The van der Waals surface area contributed by atoms with E-state index in [1.165, 1.54) is 22.9 Å². The van der Waals surface area contributed by atoms with E-state index in [2.05, 4.69) is 15.3 Å². The molecule has 1 saturated heterocycles. The third-order valence-corrected chi connectivity index (χ3v) is 4.19. The van der Waals surface area contributed by atoms with E-state index in [1.54, 1.807) is 12.1 Å². The lowest BCUT2D eigenvalue weighted by Crippen LogP contribution is -2.23. The zero-order valence-electron chi connectivity index (χ0n) is 12.6. The van der Waals surface area contributed by atoms with Crippen LogP contribution in [0.5, 0.6) is 5.88 Å². The Morgan fingerprint density at radius 1 is 1.50 bits per heavy atom. The maximum Gasteiger partial charge on any atom is 0.355 e.